The highest BCUT2D eigenvalue weighted by Crippen LogP contribution is 2.34. The molecule has 0 amide bonds. The van der Waals surface area contributed by atoms with E-state index in [4.69, 9.17) is 4.18 Å². The fourth-order valence-corrected chi connectivity index (χ4v) is 2.94. The maximum Gasteiger partial charge on any atom is 0.264 e. The number of rotatable bonds is 5. The molecule has 1 aromatic rings. The van der Waals surface area contributed by atoms with Crippen molar-refractivity contribution in [3.63, 3.8) is 0 Å². The number of benzene rings is 1. The predicted octanol–water partition coefficient (Wildman–Crippen LogP) is 4.02. The normalized spacial score (nSPS) is 27.4. The highest BCUT2D eigenvalue weighted by molar-refractivity contribution is 7.85. The summed E-state index contributed by atoms with van der Waals surface area (Å²) in [5, 5.41) is 0. The second kappa shape index (κ2) is 7.10. The Bertz CT molecular complexity index is 827. The lowest BCUT2D eigenvalue weighted by Crippen LogP contribution is -2.23. The highest BCUT2D eigenvalue weighted by atomic mass is 32.2. The maximum atomic E-state index is 11.4. The quantitative estimate of drug-likeness (QED) is 0.452. The molecule has 0 heterocycles. The SMILES string of the molecule is CC1(C)/C=C\C(c2ccc(C=O)cc2)=C/C(C)(COS(C)(=O)=O)/C=C\1. The van der Waals surface area contributed by atoms with Crippen molar-refractivity contribution in [3.8, 4) is 0 Å². The molecular weight excluding hydrogens is 336 g/mol. The summed E-state index contributed by atoms with van der Waals surface area (Å²) in [4.78, 5) is 10.9. The second-order valence-electron chi connectivity index (χ2n) is 7.30. The Morgan fingerprint density at radius 1 is 1.04 bits per heavy atom. The van der Waals surface area contributed by atoms with E-state index in [1.165, 1.54) is 0 Å². The van der Waals surface area contributed by atoms with E-state index < -0.39 is 15.5 Å². The van der Waals surface area contributed by atoms with Crippen molar-refractivity contribution in [1.82, 2.24) is 0 Å². The first-order chi connectivity index (χ1) is 11.5. The van der Waals surface area contributed by atoms with Gasteiger partial charge in [-0.15, -0.1) is 0 Å². The molecule has 0 radical (unpaired) electrons. The molecule has 134 valence electrons. The molecule has 1 atom stereocenters. The van der Waals surface area contributed by atoms with Gasteiger partial charge in [-0.1, -0.05) is 75.4 Å². The van der Waals surface area contributed by atoms with Gasteiger partial charge in [-0.2, -0.15) is 8.42 Å². The third-order valence-corrected chi connectivity index (χ3v) is 4.58. The molecular formula is C20H24O4S. The molecule has 0 aliphatic heterocycles. The molecule has 0 N–H and O–H groups in total. The lowest BCUT2D eigenvalue weighted by Gasteiger charge is -2.27. The zero-order chi connectivity index (χ0) is 18.7. The highest BCUT2D eigenvalue weighted by Gasteiger charge is 2.25. The zero-order valence-corrected chi connectivity index (χ0v) is 15.8. The van der Waals surface area contributed by atoms with Crippen LogP contribution in [0.4, 0.5) is 0 Å². The van der Waals surface area contributed by atoms with Gasteiger partial charge in [-0.25, -0.2) is 0 Å². The van der Waals surface area contributed by atoms with Crippen molar-refractivity contribution in [3.05, 3.63) is 65.8 Å². The number of aldehydes is 1. The Labute approximate surface area is 150 Å². The van der Waals surface area contributed by atoms with Crippen LogP contribution < -0.4 is 0 Å². The van der Waals surface area contributed by atoms with E-state index in [-0.39, 0.29) is 12.0 Å². The Balaban J connectivity index is 2.48. The third-order valence-electron chi connectivity index (χ3n) is 4.04. The van der Waals surface area contributed by atoms with Crippen LogP contribution in [0, 0.1) is 10.8 Å². The van der Waals surface area contributed by atoms with Crippen LogP contribution in [0.15, 0.2) is 54.6 Å². The van der Waals surface area contributed by atoms with E-state index in [9.17, 15) is 13.2 Å². The van der Waals surface area contributed by atoms with Crippen LogP contribution in [0.25, 0.3) is 5.57 Å². The Kier molecular flexibility index (Phi) is 5.49. The summed E-state index contributed by atoms with van der Waals surface area (Å²) >= 11 is 0. The van der Waals surface area contributed by atoms with E-state index in [2.05, 4.69) is 26.0 Å². The standard InChI is InChI=1S/C20H24O4S/c1-19(2)10-9-18(17-7-5-16(14-21)6-8-17)13-20(3,12-11-19)15-24-25(4,22)23/h5-14H,15H2,1-4H3/b10-9-,12-11-,18-13+. The van der Waals surface area contributed by atoms with Gasteiger partial charge >= 0.3 is 0 Å². The molecule has 4 nitrogen and oxygen atoms in total. The monoisotopic (exact) mass is 360 g/mol. The van der Waals surface area contributed by atoms with Gasteiger partial charge in [-0.3, -0.25) is 8.98 Å². The zero-order valence-electron chi connectivity index (χ0n) is 15.0. The molecule has 1 aromatic carbocycles. The van der Waals surface area contributed by atoms with Gasteiger partial charge in [0.2, 0.25) is 0 Å². The van der Waals surface area contributed by atoms with Gasteiger partial charge in [0, 0.05) is 16.4 Å². The minimum absolute atomic E-state index is 0.0299. The molecule has 0 fully saturated rings. The van der Waals surface area contributed by atoms with Crippen molar-refractivity contribution in [2.24, 2.45) is 10.8 Å². The van der Waals surface area contributed by atoms with Gasteiger partial charge in [0.15, 0.2) is 0 Å². The minimum Gasteiger partial charge on any atom is -0.298 e. The van der Waals surface area contributed by atoms with E-state index in [0.717, 1.165) is 23.7 Å². The number of carbonyl (C=O) groups is 1. The predicted molar refractivity (Wildman–Crippen MR) is 101 cm³/mol. The van der Waals surface area contributed by atoms with Crippen molar-refractivity contribution in [2.45, 2.75) is 20.8 Å². The van der Waals surface area contributed by atoms with Crippen molar-refractivity contribution >= 4 is 22.0 Å². The van der Waals surface area contributed by atoms with Crippen LogP contribution in [-0.4, -0.2) is 27.6 Å². The first-order valence-corrected chi connectivity index (χ1v) is 9.86. The summed E-state index contributed by atoms with van der Waals surface area (Å²) in [7, 11) is -3.52. The number of carbonyl (C=O) groups excluding carboxylic acids is 1. The fourth-order valence-electron chi connectivity index (χ4n) is 2.47. The fraction of sp³-hybridized carbons (Fsp3) is 0.350. The Morgan fingerprint density at radius 2 is 1.68 bits per heavy atom. The lowest BCUT2D eigenvalue weighted by molar-refractivity contribution is 0.112. The lowest BCUT2D eigenvalue weighted by atomic mass is 9.80. The Morgan fingerprint density at radius 3 is 2.24 bits per heavy atom. The summed E-state index contributed by atoms with van der Waals surface area (Å²) in [5.74, 6) is 0. The van der Waals surface area contributed by atoms with Crippen LogP contribution in [0.2, 0.25) is 0 Å². The maximum absolute atomic E-state index is 11.4. The largest absolute Gasteiger partial charge is 0.298 e. The summed E-state index contributed by atoms with van der Waals surface area (Å²) in [5.41, 5.74) is 1.77. The van der Waals surface area contributed by atoms with Crippen LogP contribution >= 0.6 is 0 Å². The molecule has 5 heteroatoms. The van der Waals surface area contributed by atoms with Gasteiger partial charge in [-0.05, 0) is 11.1 Å². The smallest absolute Gasteiger partial charge is 0.264 e. The average molecular weight is 360 g/mol. The molecule has 0 bridgehead atoms. The molecule has 25 heavy (non-hydrogen) atoms. The van der Waals surface area contributed by atoms with Crippen LogP contribution in [0.3, 0.4) is 0 Å². The number of hydrogen-bond acceptors (Lipinski definition) is 4. The van der Waals surface area contributed by atoms with Crippen LogP contribution in [0.1, 0.15) is 36.7 Å². The average Bonchev–Trinajstić information content (AvgIpc) is 2.54. The third kappa shape index (κ3) is 5.80. The van der Waals surface area contributed by atoms with Gasteiger partial charge in [0.05, 0.1) is 12.9 Å². The molecule has 0 spiro atoms. The first kappa shape index (κ1) is 19.3. The van der Waals surface area contributed by atoms with E-state index in [0.29, 0.717) is 5.56 Å². The summed E-state index contributed by atoms with van der Waals surface area (Å²) in [6, 6.07) is 7.30. The second-order valence-corrected chi connectivity index (χ2v) is 8.94. The molecule has 0 saturated carbocycles. The van der Waals surface area contributed by atoms with E-state index in [1.807, 2.05) is 37.3 Å². The topological polar surface area (TPSA) is 60.4 Å². The van der Waals surface area contributed by atoms with Gasteiger partial charge in [0.1, 0.15) is 6.29 Å². The molecule has 2 rings (SSSR count). The minimum atomic E-state index is -3.52. The molecule has 0 aromatic heterocycles. The van der Waals surface area contributed by atoms with Crippen LogP contribution in [-0.2, 0) is 14.3 Å². The first-order valence-electron chi connectivity index (χ1n) is 8.04. The van der Waals surface area contributed by atoms with Crippen LogP contribution in [0.5, 0.6) is 0 Å². The van der Waals surface area contributed by atoms with Crippen molar-refractivity contribution in [1.29, 1.82) is 0 Å². The van der Waals surface area contributed by atoms with Crippen molar-refractivity contribution < 1.29 is 17.4 Å². The number of allylic oxidation sites excluding steroid dienone is 4. The van der Waals surface area contributed by atoms with E-state index in [1.54, 1.807) is 12.1 Å². The number of hydrogen-bond donors (Lipinski definition) is 0. The summed E-state index contributed by atoms with van der Waals surface area (Å²) in [6.45, 7) is 6.12. The molecule has 1 aliphatic carbocycles. The van der Waals surface area contributed by atoms with Crippen molar-refractivity contribution in [2.75, 3.05) is 12.9 Å². The molecule has 1 aliphatic rings. The van der Waals surface area contributed by atoms with Gasteiger partial charge in [0.25, 0.3) is 10.1 Å². The Hall–Kier alpha value is -1.98. The van der Waals surface area contributed by atoms with E-state index >= 15 is 0 Å². The summed E-state index contributed by atoms with van der Waals surface area (Å²) in [6.07, 6.45) is 12.0. The molecule has 0 saturated heterocycles. The summed E-state index contributed by atoms with van der Waals surface area (Å²) < 4.78 is 27.9. The molecule has 1 unspecified atom stereocenters. The van der Waals surface area contributed by atoms with Gasteiger partial charge < -0.3 is 0 Å².